The molecule has 5 rings (SSSR count). The third-order valence-electron chi connectivity index (χ3n) is 6.55. The van der Waals surface area contributed by atoms with Gasteiger partial charge in [-0.1, -0.05) is 48.9 Å². The summed E-state index contributed by atoms with van der Waals surface area (Å²) < 4.78 is 28.4. The van der Waals surface area contributed by atoms with Gasteiger partial charge in [-0.3, -0.25) is 9.59 Å². The van der Waals surface area contributed by atoms with Crippen LogP contribution in [0.2, 0.25) is 0 Å². The molecule has 4 atom stereocenters. The van der Waals surface area contributed by atoms with Gasteiger partial charge in [-0.15, -0.1) is 0 Å². The quantitative estimate of drug-likeness (QED) is 0.737. The van der Waals surface area contributed by atoms with Crippen LogP contribution >= 0.6 is 0 Å². The number of carbonyl (C=O) groups is 2. The number of carbonyl (C=O) groups excluding carboxylic acids is 2. The zero-order chi connectivity index (χ0) is 20.2. The molecule has 2 fully saturated rings. The Hall–Kier alpha value is -2.96. The molecule has 2 heterocycles. The van der Waals surface area contributed by atoms with Crippen molar-refractivity contribution in [2.45, 2.75) is 32.2 Å². The first-order chi connectivity index (χ1) is 14.0. The third-order valence-corrected chi connectivity index (χ3v) is 6.55. The van der Waals surface area contributed by atoms with Gasteiger partial charge in [0.25, 0.3) is 11.9 Å². The van der Waals surface area contributed by atoms with Crippen LogP contribution in [-0.2, 0) is 18.9 Å². The number of fused-ring (bicyclic) bond motifs is 3. The van der Waals surface area contributed by atoms with Crippen molar-refractivity contribution in [3.63, 3.8) is 0 Å². The van der Waals surface area contributed by atoms with Crippen molar-refractivity contribution in [2.24, 2.45) is 11.8 Å². The van der Waals surface area contributed by atoms with Crippen LogP contribution in [0.15, 0.2) is 48.5 Å². The first kappa shape index (κ1) is 18.1. The Morgan fingerprint density at radius 1 is 1.00 bits per heavy atom. The van der Waals surface area contributed by atoms with Crippen molar-refractivity contribution >= 4 is 30.3 Å². The lowest BCUT2D eigenvalue weighted by Crippen LogP contribution is -2.62. The molecular weight excluding hydrogens is 372 g/mol. The second kappa shape index (κ2) is 6.54. The maximum atomic E-state index is 14.7. The molecule has 2 unspecified atom stereocenters. The summed E-state index contributed by atoms with van der Waals surface area (Å²) in [7, 11) is 0. The molecular formula is C22H21BFNO4. The monoisotopic (exact) mass is 393 g/mol. The molecule has 0 radical (unpaired) electrons. The van der Waals surface area contributed by atoms with E-state index in [0.29, 0.717) is 23.9 Å². The van der Waals surface area contributed by atoms with Crippen molar-refractivity contribution in [3.8, 4) is 0 Å². The molecule has 2 aromatic rings. The number of halogens is 1. The Morgan fingerprint density at radius 2 is 1.66 bits per heavy atom. The minimum absolute atomic E-state index is 0.294. The third kappa shape index (κ3) is 2.64. The van der Waals surface area contributed by atoms with E-state index in [4.69, 9.17) is 9.31 Å². The molecule has 3 aliphatic rings. The van der Waals surface area contributed by atoms with Crippen LogP contribution in [0.25, 0.3) is 0 Å². The SMILES string of the molecule is C[C@H](c1ccccc1)[N+]1=Cc2c(F)cccc2[B-]12OC(=O)C1CCC[C@H]1C(=O)O2. The van der Waals surface area contributed by atoms with E-state index < -0.39 is 36.3 Å². The standard InChI is InChI=1S/C22H21BFNO4/c1-14(15-7-3-2-4-8-15)25-13-18-19(11-6-12-20(18)24)23(25)28-21(26)16-9-5-10-17(16)22(27)29-23/h2-4,6-8,11-14,16-17H,5,9-10H2,1H3/t14-,16-,17?,23?/m1/s1. The molecule has 1 saturated carbocycles. The predicted octanol–water partition coefficient (Wildman–Crippen LogP) is 2.69. The largest absolute Gasteiger partial charge is 0.684 e. The van der Waals surface area contributed by atoms with Crippen LogP contribution in [-0.4, -0.2) is 29.3 Å². The Morgan fingerprint density at radius 3 is 2.31 bits per heavy atom. The Bertz CT molecular complexity index is 1010. The normalized spacial score (nSPS) is 28.8. The Balaban J connectivity index is 1.68. The second-order valence-corrected chi connectivity index (χ2v) is 8.10. The van der Waals surface area contributed by atoms with E-state index in [9.17, 15) is 14.0 Å². The summed E-state index contributed by atoms with van der Waals surface area (Å²) in [5, 5.41) is 0. The molecule has 1 spiro atoms. The number of benzene rings is 2. The molecule has 0 N–H and O–H groups in total. The molecule has 0 amide bonds. The molecule has 2 aromatic carbocycles. The Labute approximate surface area is 168 Å². The molecule has 5 nitrogen and oxygen atoms in total. The van der Waals surface area contributed by atoms with Crippen LogP contribution in [0, 0.1) is 17.7 Å². The van der Waals surface area contributed by atoms with Crippen LogP contribution in [0.1, 0.15) is 43.4 Å². The first-order valence-electron chi connectivity index (χ1n) is 10.1. The van der Waals surface area contributed by atoms with Crippen molar-refractivity contribution in [1.29, 1.82) is 0 Å². The van der Waals surface area contributed by atoms with Gasteiger partial charge in [0.2, 0.25) is 0 Å². The van der Waals surface area contributed by atoms with Gasteiger partial charge in [0.15, 0.2) is 0 Å². The van der Waals surface area contributed by atoms with Gasteiger partial charge < -0.3 is 13.8 Å². The van der Waals surface area contributed by atoms with E-state index in [2.05, 4.69) is 0 Å². The van der Waals surface area contributed by atoms with E-state index in [1.807, 2.05) is 37.3 Å². The van der Waals surface area contributed by atoms with Crippen molar-refractivity contribution < 1.29 is 27.8 Å². The molecule has 29 heavy (non-hydrogen) atoms. The molecule has 0 aromatic heterocycles. The van der Waals surface area contributed by atoms with Gasteiger partial charge in [0.05, 0.1) is 11.8 Å². The van der Waals surface area contributed by atoms with E-state index in [-0.39, 0.29) is 6.04 Å². The maximum Gasteiger partial charge on any atom is 0.684 e. The van der Waals surface area contributed by atoms with Gasteiger partial charge in [0, 0.05) is 11.1 Å². The fourth-order valence-corrected chi connectivity index (χ4v) is 5.01. The molecule has 148 valence electrons. The number of hydrogen-bond donors (Lipinski definition) is 0. The van der Waals surface area contributed by atoms with E-state index >= 15 is 0 Å². The molecule has 2 aliphatic heterocycles. The van der Waals surface area contributed by atoms with Crippen LogP contribution in [0.3, 0.4) is 0 Å². The fourth-order valence-electron chi connectivity index (χ4n) is 5.01. The first-order valence-corrected chi connectivity index (χ1v) is 10.1. The second-order valence-electron chi connectivity index (χ2n) is 8.10. The topological polar surface area (TPSA) is 55.6 Å². The highest BCUT2D eigenvalue weighted by Crippen LogP contribution is 2.39. The molecule has 1 aliphatic carbocycles. The van der Waals surface area contributed by atoms with Gasteiger partial charge in [0.1, 0.15) is 18.1 Å². The van der Waals surface area contributed by atoms with Gasteiger partial charge in [-0.25, -0.2) is 4.39 Å². The summed E-state index contributed by atoms with van der Waals surface area (Å²) in [5.41, 5.74) is 1.63. The van der Waals surface area contributed by atoms with E-state index in [1.165, 1.54) is 6.07 Å². The lowest BCUT2D eigenvalue weighted by atomic mass is 9.62. The van der Waals surface area contributed by atoms with Crippen LogP contribution < -0.4 is 5.46 Å². The highest BCUT2D eigenvalue weighted by molar-refractivity contribution is 6.79. The van der Waals surface area contributed by atoms with Crippen molar-refractivity contribution in [3.05, 3.63) is 65.5 Å². The summed E-state index contributed by atoms with van der Waals surface area (Å²) in [6.45, 7) is -0.755. The number of nitrogens with zero attached hydrogens (tertiary/aromatic N) is 1. The molecule has 1 saturated heterocycles. The smallest absolute Gasteiger partial charge is 0.592 e. The predicted molar refractivity (Wildman–Crippen MR) is 105 cm³/mol. The van der Waals surface area contributed by atoms with Crippen LogP contribution in [0.5, 0.6) is 0 Å². The fraction of sp³-hybridized carbons (Fsp3) is 0.318. The van der Waals surface area contributed by atoms with Crippen molar-refractivity contribution in [2.75, 3.05) is 0 Å². The summed E-state index contributed by atoms with van der Waals surface area (Å²) in [6.07, 6.45) is 3.63. The highest BCUT2D eigenvalue weighted by Gasteiger charge is 2.61. The van der Waals surface area contributed by atoms with E-state index in [0.717, 1.165) is 12.0 Å². The zero-order valence-electron chi connectivity index (χ0n) is 16.1. The Kier molecular flexibility index (Phi) is 4.08. The van der Waals surface area contributed by atoms with Gasteiger partial charge in [-0.05, 0) is 31.3 Å². The number of hydrogen-bond acceptors (Lipinski definition) is 4. The highest BCUT2D eigenvalue weighted by atomic mass is 19.1. The maximum absolute atomic E-state index is 14.7. The summed E-state index contributed by atoms with van der Waals surface area (Å²) in [4.78, 5) is 26.1. The van der Waals surface area contributed by atoms with Gasteiger partial charge >= 0.3 is 6.69 Å². The van der Waals surface area contributed by atoms with Crippen LogP contribution in [0.4, 0.5) is 4.39 Å². The minimum Gasteiger partial charge on any atom is -0.592 e. The zero-order valence-corrected chi connectivity index (χ0v) is 16.1. The summed E-state index contributed by atoms with van der Waals surface area (Å²) >= 11 is 0. The van der Waals surface area contributed by atoms with Crippen molar-refractivity contribution in [1.82, 2.24) is 0 Å². The lowest BCUT2D eigenvalue weighted by molar-refractivity contribution is -0.467. The summed E-state index contributed by atoms with van der Waals surface area (Å²) in [5.74, 6) is -2.29. The molecule has 0 bridgehead atoms. The minimum atomic E-state index is -2.68. The van der Waals surface area contributed by atoms with Gasteiger partial charge in [-0.2, -0.15) is 0 Å². The average Bonchev–Trinajstić information content (AvgIpc) is 3.31. The average molecular weight is 393 g/mol. The summed E-state index contributed by atoms with van der Waals surface area (Å²) in [6, 6.07) is 13.9. The van der Waals surface area contributed by atoms with E-state index in [1.54, 1.807) is 22.8 Å². The lowest BCUT2D eigenvalue weighted by Gasteiger charge is -2.35. The number of rotatable bonds is 2. The molecule has 7 heteroatoms.